The molecule has 0 aliphatic carbocycles. The zero-order valence-electron chi connectivity index (χ0n) is 16.1. The highest BCUT2D eigenvalue weighted by Crippen LogP contribution is 2.40. The second-order valence-corrected chi connectivity index (χ2v) is 8.27. The molecule has 0 unspecified atom stereocenters. The molecule has 0 saturated heterocycles. The smallest absolute Gasteiger partial charge is 0.270 e. The van der Waals surface area contributed by atoms with Gasteiger partial charge in [0, 0.05) is 37.4 Å². The van der Waals surface area contributed by atoms with Crippen molar-refractivity contribution in [2.45, 2.75) is 0 Å². The van der Waals surface area contributed by atoms with E-state index in [0.29, 0.717) is 35.2 Å². The number of anilines is 1. The normalized spacial score (nSPS) is 12.5. The van der Waals surface area contributed by atoms with Gasteiger partial charge in [-0.15, -0.1) is 0 Å². The third kappa shape index (κ3) is 3.89. The third-order valence-electron chi connectivity index (χ3n) is 4.51. The molecule has 0 saturated carbocycles. The Balaban J connectivity index is 1.75. The first-order chi connectivity index (χ1) is 14.3. The summed E-state index contributed by atoms with van der Waals surface area (Å²) in [6.45, 7) is 1.06. The van der Waals surface area contributed by atoms with Crippen molar-refractivity contribution in [2.75, 3.05) is 38.9 Å². The van der Waals surface area contributed by atoms with E-state index in [-0.39, 0.29) is 23.1 Å². The van der Waals surface area contributed by atoms with Crippen LogP contribution in [0.4, 0.5) is 10.8 Å². The monoisotopic (exact) mass is 448 g/mol. The van der Waals surface area contributed by atoms with E-state index in [1.54, 1.807) is 6.07 Å². The van der Waals surface area contributed by atoms with Gasteiger partial charge < -0.3 is 14.4 Å². The maximum atomic E-state index is 13.3. The Labute approximate surface area is 180 Å². The molecule has 3 aromatic rings. The first-order valence-electron chi connectivity index (χ1n) is 8.94. The third-order valence-corrected chi connectivity index (χ3v) is 5.88. The fourth-order valence-corrected chi connectivity index (χ4v) is 4.14. The fraction of sp³-hybridized carbons (Fsp3) is 0.263. The summed E-state index contributed by atoms with van der Waals surface area (Å²) >= 11 is 7.53. The van der Waals surface area contributed by atoms with Crippen molar-refractivity contribution in [3.8, 4) is 11.5 Å². The van der Waals surface area contributed by atoms with E-state index < -0.39 is 10.8 Å². The van der Waals surface area contributed by atoms with E-state index in [1.807, 2.05) is 25.1 Å². The Bertz CT molecular complexity index is 1110. The number of amides is 1. The van der Waals surface area contributed by atoms with Crippen LogP contribution in [-0.2, 0) is 0 Å². The van der Waals surface area contributed by atoms with Crippen molar-refractivity contribution in [3.63, 3.8) is 0 Å². The molecule has 11 heteroatoms. The minimum atomic E-state index is -0.559. The van der Waals surface area contributed by atoms with Crippen LogP contribution in [-0.4, -0.2) is 54.7 Å². The summed E-state index contributed by atoms with van der Waals surface area (Å²) in [5.41, 5.74) is 0.524. The molecule has 9 nitrogen and oxygen atoms in total. The molecule has 0 N–H and O–H groups in total. The lowest BCUT2D eigenvalue weighted by atomic mass is 10.1. The van der Waals surface area contributed by atoms with Crippen LogP contribution in [0.5, 0.6) is 11.5 Å². The molecular formula is C19H17ClN4O5S. The van der Waals surface area contributed by atoms with Gasteiger partial charge >= 0.3 is 0 Å². The summed E-state index contributed by atoms with van der Waals surface area (Å²) in [5.74, 6) is 0.780. The van der Waals surface area contributed by atoms with Gasteiger partial charge in [0.15, 0.2) is 16.6 Å². The predicted octanol–water partition coefficient (Wildman–Crippen LogP) is 3.80. The van der Waals surface area contributed by atoms with Crippen molar-refractivity contribution in [1.82, 2.24) is 9.88 Å². The predicted molar refractivity (Wildman–Crippen MR) is 114 cm³/mol. The van der Waals surface area contributed by atoms with Crippen molar-refractivity contribution >= 4 is 49.9 Å². The Hall–Kier alpha value is -2.95. The fourth-order valence-electron chi connectivity index (χ4n) is 2.94. The number of nitro benzene ring substituents is 1. The molecule has 156 valence electrons. The lowest BCUT2D eigenvalue weighted by Crippen LogP contribution is -2.37. The molecule has 0 atom stereocenters. The van der Waals surface area contributed by atoms with Gasteiger partial charge in [-0.05, 0) is 20.2 Å². The molecule has 2 heterocycles. The van der Waals surface area contributed by atoms with E-state index in [9.17, 15) is 14.9 Å². The number of benzene rings is 2. The standard InChI is InChI=1S/C19H17ClN4O5S/c1-22(2)5-6-23(18(25)12-7-11(24(26)27)3-4-13(12)20)19-21-14-8-15-16(29-10-28-15)9-17(14)30-19/h3-4,7-9H,5-6,10H2,1-2H3. The Morgan fingerprint density at radius 1 is 1.23 bits per heavy atom. The van der Waals surface area contributed by atoms with Crippen LogP contribution in [0.1, 0.15) is 10.4 Å². The molecule has 1 aliphatic heterocycles. The number of thiazole rings is 1. The van der Waals surface area contributed by atoms with Gasteiger partial charge in [-0.3, -0.25) is 19.8 Å². The van der Waals surface area contributed by atoms with Gasteiger partial charge in [0.05, 0.1) is 25.7 Å². The molecule has 4 rings (SSSR count). The zero-order valence-corrected chi connectivity index (χ0v) is 17.7. The topological polar surface area (TPSA) is 98.0 Å². The summed E-state index contributed by atoms with van der Waals surface area (Å²) in [6.07, 6.45) is 0. The first-order valence-corrected chi connectivity index (χ1v) is 10.1. The average Bonchev–Trinajstić information content (AvgIpc) is 3.31. The lowest BCUT2D eigenvalue weighted by molar-refractivity contribution is -0.384. The summed E-state index contributed by atoms with van der Waals surface area (Å²) < 4.78 is 11.6. The Morgan fingerprint density at radius 3 is 2.67 bits per heavy atom. The number of non-ortho nitro benzene ring substituents is 1. The molecule has 1 aromatic heterocycles. The number of hydrogen-bond donors (Lipinski definition) is 0. The van der Waals surface area contributed by atoms with E-state index in [4.69, 9.17) is 21.1 Å². The van der Waals surface area contributed by atoms with E-state index in [2.05, 4.69) is 4.98 Å². The second kappa shape index (κ2) is 8.05. The Kier molecular flexibility index (Phi) is 5.46. The van der Waals surface area contributed by atoms with Gasteiger partial charge in [-0.2, -0.15) is 0 Å². The quantitative estimate of drug-likeness (QED) is 0.418. The number of rotatable bonds is 6. The van der Waals surface area contributed by atoms with Gasteiger partial charge in [-0.1, -0.05) is 22.9 Å². The number of nitrogens with zero attached hydrogens (tertiary/aromatic N) is 4. The minimum Gasteiger partial charge on any atom is -0.454 e. The number of likely N-dealkylation sites (N-methyl/N-ethyl adjacent to an activating group) is 1. The second-order valence-electron chi connectivity index (χ2n) is 6.85. The first kappa shape index (κ1) is 20.3. The molecule has 0 radical (unpaired) electrons. The summed E-state index contributed by atoms with van der Waals surface area (Å²) in [6, 6.07) is 7.41. The van der Waals surface area contributed by atoms with Crippen LogP contribution in [0.25, 0.3) is 10.2 Å². The van der Waals surface area contributed by atoms with Crippen LogP contribution < -0.4 is 14.4 Å². The van der Waals surface area contributed by atoms with Crippen LogP contribution in [0.3, 0.4) is 0 Å². The number of carbonyl (C=O) groups excluding carboxylic acids is 1. The SMILES string of the molecule is CN(C)CCN(C(=O)c1cc([N+](=O)[O-])ccc1Cl)c1nc2cc3c(cc2s1)OCO3. The number of fused-ring (bicyclic) bond motifs is 2. The van der Waals surface area contributed by atoms with Crippen molar-refractivity contribution < 1.29 is 19.2 Å². The zero-order chi connectivity index (χ0) is 21.4. The van der Waals surface area contributed by atoms with Gasteiger partial charge in [-0.25, -0.2) is 4.98 Å². The Morgan fingerprint density at radius 2 is 1.97 bits per heavy atom. The van der Waals surface area contributed by atoms with Crippen LogP contribution in [0.15, 0.2) is 30.3 Å². The lowest BCUT2D eigenvalue weighted by Gasteiger charge is -2.22. The van der Waals surface area contributed by atoms with Crippen molar-refractivity contribution in [2.24, 2.45) is 0 Å². The highest BCUT2D eigenvalue weighted by Gasteiger charge is 2.26. The molecule has 0 bridgehead atoms. The molecule has 1 aliphatic rings. The van der Waals surface area contributed by atoms with Crippen molar-refractivity contribution in [3.05, 3.63) is 51.0 Å². The van der Waals surface area contributed by atoms with E-state index in [0.717, 1.165) is 4.70 Å². The number of halogens is 1. The number of ether oxygens (including phenoxy) is 2. The van der Waals surface area contributed by atoms with Gasteiger partial charge in [0.2, 0.25) is 6.79 Å². The maximum Gasteiger partial charge on any atom is 0.270 e. The average molecular weight is 449 g/mol. The number of hydrogen-bond acceptors (Lipinski definition) is 8. The minimum absolute atomic E-state index is 0.0537. The van der Waals surface area contributed by atoms with Crippen LogP contribution in [0.2, 0.25) is 5.02 Å². The van der Waals surface area contributed by atoms with Gasteiger partial charge in [0.25, 0.3) is 11.6 Å². The summed E-state index contributed by atoms with van der Waals surface area (Å²) in [4.78, 5) is 32.0. The molecule has 0 fully saturated rings. The largest absolute Gasteiger partial charge is 0.454 e. The molecule has 1 amide bonds. The highest BCUT2D eigenvalue weighted by molar-refractivity contribution is 7.22. The molecule has 30 heavy (non-hydrogen) atoms. The number of aromatic nitrogens is 1. The van der Waals surface area contributed by atoms with Gasteiger partial charge in [0.1, 0.15) is 0 Å². The van der Waals surface area contributed by atoms with Crippen molar-refractivity contribution in [1.29, 1.82) is 0 Å². The number of nitro groups is 1. The maximum absolute atomic E-state index is 13.3. The summed E-state index contributed by atoms with van der Waals surface area (Å²) in [7, 11) is 3.78. The van der Waals surface area contributed by atoms with E-state index >= 15 is 0 Å². The summed E-state index contributed by atoms with van der Waals surface area (Å²) in [5, 5.41) is 11.8. The van der Waals surface area contributed by atoms with E-state index in [1.165, 1.54) is 34.4 Å². The molecule has 0 spiro atoms. The van der Waals surface area contributed by atoms with Crippen LogP contribution in [0, 0.1) is 10.1 Å². The number of carbonyl (C=O) groups is 1. The van der Waals surface area contributed by atoms with Crippen LogP contribution >= 0.6 is 22.9 Å². The molecular weight excluding hydrogens is 432 g/mol. The highest BCUT2D eigenvalue weighted by atomic mass is 35.5. The molecule has 2 aromatic carbocycles.